The summed E-state index contributed by atoms with van der Waals surface area (Å²) in [5.74, 6) is 2.53. The van der Waals surface area contributed by atoms with Crippen LogP contribution in [0.3, 0.4) is 0 Å². The summed E-state index contributed by atoms with van der Waals surface area (Å²) in [6.45, 7) is 4.24. The van der Waals surface area contributed by atoms with E-state index in [4.69, 9.17) is 9.47 Å². The normalized spacial score (nSPS) is 11.8. The summed E-state index contributed by atoms with van der Waals surface area (Å²) in [7, 11) is 3.23. The molecule has 0 radical (unpaired) electrons. The van der Waals surface area contributed by atoms with Gasteiger partial charge in [-0.3, -0.25) is 4.98 Å². The molecule has 0 aliphatic rings. The zero-order valence-electron chi connectivity index (χ0n) is 15.4. The van der Waals surface area contributed by atoms with Crippen LogP contribution in [0.5, 0.6) is 11.5 Å². The summed E-state index contributed by atoms with van der Waals surface area (Å²) < 4.78 is 10.8. The standard InChI is InChI=1S/C19H23N5O2/c1-5-12(2)21-18-14-10-16(25-3)17(26-4)11-15(14)23-19(24-18)22-13-6-8-20-9-7-13/h6-12H,5H2,1-4H3,(H2,20,21,22,23,24). The van der Waals surface area contributed by atoms with Gasteiger partial charge in [0.05, 0.1) is 19.7 Å². The molecule has 1 aromatic carbocycles. The quantitative estimate of drug-likeness (QED) is 0.664. The van der Waals surface area contributed by atoms with Gasteiger partial charge in [-0.2, -0.15) is 4.98 Å². The molecule has 136 valence electrons. The van der Waals surface area contributed by atoms with Crippen LogP contribution in [-0.2, 0) is 0 Å². The van der Waals surface area contributed by atoms with Crippen molar-refractivity contribution in [3.8, 4) is 11.5 Å². The lowest BCUT2D eigenvalue weighted by atomic mass is 10.2. The third kappa shape index (κ3) is 3.77. The summed E-state index contributed by atoms with van der Waals surface area (Å²) in [6, 6.07) is 7.76. The molecule has 26 heavy (non-hydrogen) atoms. The van der Waals surface area contributed by atoms with Gasteiger partial charge in [-0.15, -0.1) is 0 Å². The Bertz CT molecular complexity index is 886. The molecule has 0 amide bonds. The third-order valence-electron chi connectivity index (χ3n) is 4.13. The smallest absolute Gasteiger partial charge is 0.229 e. The van der Waals surface area contributed by atoms with Crippen molar-refractivity contribution in [1.82, 2.24) is 15.0 Å². The number of pyridine rings is 1. The van der Waals surface area contributed by atoms with Crippen molar-refractivity contribution < 1.29 is 9.47 Å². The number of hydrogen-bond donors (Lipinski definition) is 2. The second-order valence-electron chi connectivity index (χ2n) is 5.93. The molecule has 0 saturated heterocycles. The number of fused-ring (bicyclic) bond motifs is 1. The molecule has 1 atom stereocenters. The number of hydrogen-bond acceptors (Lipinski definition) is 7. The number of methoxy groups -OCH3 is 2. The van der Waals surface area contributed by atoms with Crippen molar-refractivity contribution in [2.24, 2.45) is 0 Å². The van der Waals surface area contributed by atoms with Gasteiger partial charge in [-0.1, -0.05) is 6.92 Å². The van der Waals surface area contributed by atoms with Crippen molar-refractivity contribution in [1.29, 1.82) is 0 Å². The molecule has 0 aliphatic carbocycles. The highest BCUT2D eigenvalue weighted by atomic mass is 16.5. The highest BCUT2D eigenvalue weighted by Gasteiger charge is 2.14. The van der Waals surface area contributed by atoms with Gasteiger partial charge in [0.2, 0.25) is 5.95 Å². The Balaban J connectivity index is 2.11. The zero-order chi connectivity index (χ0) is 18.5. The molecule has 0 fully saturated rings. The summed E-state index contributed by atoms with van der Waals surface area (Å²) >= 11 is 0. The van der Waals surface area contributed by atoms with Crippen LogP contribution in [0.1, 0.15) is 20.3 Å². The first-order valence-electron chi connectivity index (χ1n) is 8.52. The lowest BCUT2D eigenvalue weighted by Crippen LogP contribution is -2.15. The van der Waals surface area contributed by atoms with Gasteiger partial charge in [0, 0.05) is 35.6 Å². The minimum Gasteiger partial charge on any atom is -0.493 e. The van der Waals surface area contributed by atoms with Gasteiger partial charge in [-0.05, 0) is 31.5 Å². The molecular formula is C19H23N5O2. The SMILES string of the molecule is CCC(C)Nc1nc(Nc2ccncc2)nc2cc(OC)c(OC)cc12. The highest BCUT2D eigenvalue weighted by Crippen LogP contribution is 2.35. The molecule has 3 rings (SSSR count). The van der Waals surface area contributed by atoms with Crippen LogP contribution in [0.15, 0.2) is 36.7 Å². The number of rotatable bonds is 7. The van der Waals surface area contributed by atoms with E-state index in [2.05, 4.69) is 39.4 Å². The van der Waals surface area contributed by atoms with E-state index in [1.807, 2.05) is 24.3 Å². The van der Waals surface area contributed by atoms with Crippen LogP contribution in [0.2, 0.25) is 0 Å². The summed E-state index contributed by atoms with van der Waals surface area (Å²) in [5.41, 5.74) is 1.63. The number of nitrogens with one attached hydrogen (secondary N) is 2. The lowest BCUT2D eigenvalue weighted by molar-refractivity contribution is 0.356. The molecule has 0 bridgehead atoms. The Hall–Kier alpha value is -3.09. The Labute approximate surface area is 152 Å². The van der Waals surface area contributed by atoms with Crippen LogP contribution in [0.25, 0.3) is 10.9 Å². The van der Waals surface area contributed by atoms with Crippen molar-refractivity contribution >= 4 is 28.4 Å². The fraction of sp³-hybridized carbons (Fsp3) is 0.316. The number of nitrogens with zero attached hydrogens (tertiary/aromatic N) is 3. The van der Waals surface area contributed by atoms with Crippen molar-refractivity contribution in [3.63, 3.8) is 0 Å². The van der Waals surface area contributed by atoms with Crippen molar-refractivity contribution in [2.75, 3.05) is 24.9 Å². The number of benzene rings is 1. The third-order valence-corrected chi connectivity index (χ3v) is 4.13. The first kappa shape index (κ1) is 17.7. The Morgan fingerprint density at radius 2 is 1.73 bits per heavy atom. The van der Waals surface area contributed by atoms with Gasteiger partial charge in [0.25, 0.3) is 0 Å². The Kier molecular flexibility index (Phi) is 5.36. The predicted molar refractivity (Wildman–Crippen MR) is 104 cm³/mol. The largest absolute Gasteiger partial charge is 0.493 e. The van der Waals surface area contributed by atoms with Gasteiger partial charge in [0.1, 0.15) is 5.82 Å². The van der Waals surface area contributed by atoms with Crippen molar-refractivity contribution in [2.45, 2.75) is 26.3 Å². The minimum absolute atomic E-state index is 0.273. The second kappa shape index (κ2) is 7.86. The maximum absolute atomic E-state index is 5.43. The van der Waals surface area contributed by atoms with Gasteiger partial charge < -0.3 is 20.1 Å². The number of ether oxygens (including phenoxy) is 2. The zero-order valence-corrected chi connectivity index (χ0v) is 15.4. The van der Waals surface area contributed by atoms with Crippen LogP contribution in [0.4, 0.5) is 17.5 Å². The second-order valence-corrected chi connectivity index (χ2v) is 5.93. The number of aromatic nitrogens is 3. The minimum atomic E-state index is 0.273. The maximum Gasteiger partial charge on any atom is 0.229 e. The van der Waals surface area contributed by atoms with Gasteiger partial charge >= 0.3 is 0 Å². The molecule has 2 aromatic heterocycles. The molecule has 7 heteroatoms. The molecule has 0 spiro atoms. The van der Waals surface area contributed by atoms with E-state index in [0.717, 1.165) is 28.8 Å². The Morgan fingerprint density at radius 3 is 2.38 bits per heavy atom. The predicted octanol–water partition coefficient (Wildman–Crippen LogP) is 4.00. The first-order chi connectivity index (χ1) is 12.6. The monoisotopic (exact) mass is 353 g/mol. The van der Waals surface area contributed by atoms with E-state index in [9.17, 15) is 0 Å². The van der Waals surface area contributed by atoms with Crippen LogP contribution in [0, 0.1) is 0 Å². The molecule has 0 aliphatic heterocycles. The van der Waals surface area contributed by atoms with E-state index in [-0.39, 0.29) is 6.04 Å². The number of anilines is 3. The summed E-state index contributed by atoms with van der Waals surface area (Å²) in [4.78, 5) is 13.3. The molecule has 0 saturated carbocycles. The van der Waals surface area contributed by atoms with E-state index in [1.165, 1.54) is 0 Å². The van der Waals surface area contributed by atoms with E-state index >= 15 is 0 Å². The fourth-order valence-corrected chi connectivity index (χ4v) is 2.52. The van der Waals surface area contributed by atoms with Gasteiger partial charge in [-0.25, -0.2) is 4.98 Å². The molecule has 1 unspecified atom stereocenters. The fourth-order valence-electron chi connectivity index (χ4n) is 2.52. The van der Waals surface area contributed by atoms with Gasteiger partial charge in [0.15, 0.2) is 11.5 Å². The van der Waals surface area contributed by atoms with Crippen molar-refractivity contribution in [3.05, 3.63) is 36.7 Å². The molecule has 2 N–H and O–H groups in total. The van der Waals surface area contributed by atoms with Crippen LogP contribution in [-0.4, -0.2) is 35.2 Å². The summed E-state index contributed by atoms with van der Waals surface area (Å²) in [6.07, 6.45) is 4.41. The van der Waals surface area contributed by atoms with Crippen LogP contribution >= 0.6 is 0 Å². The Morgan fingerprint density at radius 1 is 1.04 bits per heavy atom. The van der Waals surface area contributed by atoms with E-state index in [1.54, 1.807) is 26.6 Å². The molecule has 3 aromatic rings. The highest BCUT2D eigenvalue weighted by molar-refractivity contribution is 5.93. The van der Waals surface area contributed by atoms with Crippen LogP contribution < -0.4 is 20.1 Å². The average Bonchev–Trinajstić information content (AvgIpc) is 2.67. The summed E-state index contributed by atoms with van der Waals surface area (Å²) in [5, 5.41) is 7.55. The van der Waals surface area contributed by atoms with E-state index < -0.39 is 0 Å². The maximum atomic E-state index is 5.43. The first-order valence-corrected chi connectivity index (χ1v) is 8.52. The van der Waals surface area contributed by atoms with E-state index in [0.29, 0.717) is 17.4 Å². The average molecular weight is 353 g/mol. The molecule has 7 nitrogen and oxygen atoms in total. The molecule has 2 heterocycles. The topological polar surface area (TPSA) is 81.2 Å². The molecular weight excluding hydrogens is 330 g/mol. The lowest BCUT2D eigenvalue weighted by Gasteiger charge is -2.17.